The Hall–Kier alpha value is -1.79. The molecule has 2 aliphatic rings. The Morgan fingerprint density at radius 1 is 1.26 bits per heavy atom. The second kappa shape index (κ2) is 8.07. The summed E-state index contributed by atoms with van der Waals surface area (Å²) < 4.78 is 5.32. The number of ether oxygens (including phenoxy) is 1. The van der Waals surface area contributed by atoms with Crippen molar-refractivity contribution in [2.24, 2.45) is 5.41 Å². The van der Waals surface area contributed by atoms with E-state index in [9.17, 15) is 9.90 Å². The molecule has 3 rings (SSSR count). The van der Waals surface area contributed by atoms with E-state index in [0.29, 0.717) is 13.1 Å². The Bertz CT molecular complexity index is 658. The minimum absolute atomic E-state index is 0.104. The smallest absolute Gasteiger partial charge is 0.226 e. The number of carbonyl (C=O) groups excluding carboxylic acids is 1. The van der Waals surface area contributed by atoms with Gasteiger partial charge in [-0.15, -0.1) is 0 Å². The molecule has 0 bridgehead atoms. The van der Waals surface area contributed by atoms with Crippen LogP contribution in [0.4, 0.5) is 5.69 Å². The number of hydrogen-bond acceptors (Lipinski definition) is 5. The molecule has 6 heteroatoms. The second-order valence-corrected chi connectivity index (χ2v) is 8.37. The van der Waals surface area contributed by atoms with Crippen LogP contribution in [-0.4, -0.2) is 68.4 Å². The molecule has 150 valence electrons. The Kier molecular flexibility index (Phi) is 5.96. The molecule has 27 heavy (non-hydrogen) atoms. The van der Waals surface area contributed by atoms with Gasteiger partial charge in [0.1, 0.15) is 5.75 Å². The van der Waals surface area contributed by atoms with Gasteiger partial charge in [0, 0.05) is 45.0 Å². The molecule has 1 aromatic carbocycles. The number of anilines is 1. The third kappa shape index (κ3) is 4.55. The third-order valence-corrected chi connectivity index (χ3v) is 6.18. The Labute approximate surface area is 162 Å². The van der Waals surface area contributed by atoms with Gasteiger partial charge < -0.3 is 20.1 Å². The van der Waals surface area contributed by atoms with Gasteiger partial charge in [0.15, 0.2) is 0 Å². The van der Waals surface area contributed by atoms with Crippen molar-refractivity contribution in [2.45, 2.75) is 38.2 Å². The minimum Gasteiger partial charge on any atom is -0.497 e. The number of benzene rings is 1. The van der Waals surface area contributed by atoms with E-state index >= 15 is 0 Å². The first-order valence-electron chi connectivity index (χ1n) is 9.93. The molecule has 2 N–H and O–H groups in total. The van der Waals surface area contributed by atoms with Crippen molar-refractivity contribution in [3.8, 4) is 5.75 Å². The Morgan fingerprint density at radius 3 is 2.67 bits per heavy atom. The molecule has 0 radical (unpaired) electrons. The predicted octanol–water partition coefficient (Wildman–Crippen LogP) is 1.87. The van der Waals surface area contributed by atoms with Crippen LogP contribution in [0.3, 0.4) is 0 Å². The summed E-state index contributed by atoms with van der Waals surface area (Å²) in [6.07, 6.45) is 3.37. The number of rotatable bonds is 5. The number of nitrogens with zero attached hydrogens (tertiary/aromatic N) is 2. The lowest BCUT2D eigenvalue weighted by Crippen LogP contribution is -2.56. The van der Waals surface area contributed by atoms with Gasteiger partial charge in [-0.05, 0) is 51.3 Å². The van der Waals surface area contributed by atoms with Crippen molar-refractivity contribution < 1.29 is 14.6 Å². The van der Waals surface area contributed by atoms with Gasteiger partial charge >= 0.3 is 0 Å². The summed E-state index contributed by atoms with van der Waals surface area (Å²) in [4.78, 5) is 16.8. The van der Waals surface area contributed by atoms with E-state index in [-0.39, 0.29) is 11.3 Å². The molecule has 1 atom stereocenters. The van der Waals surface area contributed by atoms with Crippen LogP contribution in [0.15, 0.2) is 24.3 Å². The number of β-amino-alcohol motifs (C(OH)–C–C–N with tert-alkyl or cyclic N) is 1. The number of likely N-dealkylation sites (tertiary alicyclic amines) is 1. The number of aliphatic hydroxyl groups is 1. The maximum Gasteiger partial charge on any atom is 0.226 e. The molecule has 0 spiro atoms. The van der Waals surface area contributed by atoms with Crippen LogP contribution in [0.25, 0.3) is 0 Å². The maximum absolute atomic E-state index is 12.2. The zero-order valence-electron chi connectivity index (χ0n) is 16.8. The summed E-state index contributed by atoms with van der Waals surface area (Å²) in [5, 5.41) is 14.0. The van der Waals surface area contributed by atoms with E-state index < -0.39 is 5.60 Å². The van der Waals surface area contributed by atoms with Crippen molar-refractivity contribution in [1.82, 2.24) is 10.2 Å². The first kappa shape index (κ1) is 20.0. The zero-order chi connectivity index (χ0) is 19.5. The van der Waals surface area contributed by atoms with Crippen LogP contribution in [0.2, 0.25) is 0 Å². The Balaban J connectivity index is 1.58. The summed E-state index contributed by atoms with van der Waals surface area (Å²) in [6, 6.07) is 8.09. The van der Waals surface area contributed by atoms with Crippen LogP contribution >= 0.6 is 0 Å². The summed E-state index contributed by atoms with van der Waals surface area (Å²) in [5.74, 6) is 0.960. The second-order valence-electron chi connectivity index (χ2n) is 8.37. The minimum atomic E-state index is -0.684. The molecule has 0 aromatic heterocycles. The largest absolute Gasteiger partial charge is 0.497 e. The van der Waals surface area contributed by atoms with Crippen LogP contribution in [0, 0.1) is 5.41 Å². The first-order chi connectivity index (χ1) is 12.9. The highest BCUT2D eigenvalue weighted by molar-refractivity contribution is 5.82. The van der Waals surface area contributed by atoms with E-state index in [0.717, 1.165) is 56.8 Å². The summed E-state index contributed by atoms with van der Waals surface area (Å²) in [7, 11) is 3.38. The molecular formula is C21H33N3O3. The number of carbonyl (C=O) groups is 1. The summed E-state index contributed by atoms with van der Waals surface area (Å²) >= 11 is 0. The molecule has 2 fully saturated rings. The number of methoxy groups -OCH3 is 1. The maximum atomic E-state index is 12.2. The molecule has 0 unspecified atom stereocenters. The molecule has 6 nitrogen and oxygen atoms in total. The predicted molar refractivity (Wildman–Crippen MR) is 107 cm³/mol. The molecule has 0 saturated carbocycles. The van der Waals surface area contributed by atoms with Gasteiger partial charge in [-0.25, -0.2) is 0 Å². The number of hydrogen-bond donors (Lipinski definition) is 2. The average molecular weight is 376 g/mol. The van der Waals surface area contributed by atoms with Gasteiger partial charge in [0.2, 0.25) is 5.91 Å². The standard InChI is InChI=1S/C21H33N3O3/c1-20(19(25)22-2)8-5-11-23(15-20)16-21(26)9-12-24(13-10-21)17-6-4-7-18(14-17)27-3/h4,6-7,14,26H,5,8-13,15-16H2,1-3H3,(H,22,25)/t20-/m1/s1. The highest BCUT2D eigenvalue weighted by Gasteiger charge is 2.41. The van der Waals surface area contributed by atoms with Gasteiger partial charge in [0.05, 0.1) is 18.1 Å². The quantitative estimate of drug-likeness (QED) is 0.823. The normalized spacial score (nSPS) is 25.9. The SMILES string of the molecule is CNC(=O)[C@]1(C)CCCN(CC2(O)CCN(c3cccc(OC)c3)CC2)C1. The van der Waals surface area contributed by atoms with Crippen molar-refractivity contribution in [3.63, 3.8) is 0 Å². The zero-order valence-corrected chi connectivity index (χ0v) is 16.8. The first-order valence-corrected chi connectivity index (χ1v) is 9.93. The van der Waals surface area contributed by atoms with Crippen molar-refractivity contribution >= 4 is 11.6 Å². The number of amides is 1. The van der Waals surface area contributed by atoms with Crippen molar-refractivity contribution in [1.29, 1.82) is 0 Å². The van der Waals surface area contributed by atoms with Gasteiger partial charge in [-0.3, -0.25) is 9.69 Å². The van der Waals surface area contributed by atoms with E-state index in [1.807, 2.05) is 25.1 Å². The lowest BCUT2D eigenvalue weighted by molar-refractivity contribution is -0.134. The van der Waals surface area contributed by atoms with Gasteiger partial charge in [-0.1, -0.05) is 6.07 Å². The highest BCUT2D eigenvalue weighted by Crippen LogP contribution is 2.33. The lowest BCUT2D eigenvalue weighted by Gasteiger charge is -2.45. The molecule has 2 saturated heterocycles. The number of nitrogens with one attached hydrogen (secondary N) is 1. The fourth-order valence-electron chi connectivity index (χ4n) is 4.53. The van der Waals surface area contributed by atoms with Crippen molar-refractivity contribution in [3.05, 3.63) is 24.3 Å². The van der Waals surface area contributed by atoms with E-state index in [2.05, 4.69) is 21.2 Å². The summed E-state index contributed by atoms with van der Waals surface area (Å²) in [6.45, 7) is 6.00. The fraction of sp³-hybridized carbons (Fsp3) is 0.667. The van der Waals surface area contributed by atoms with Crippen LogP contribution < -0.4 is 15.0 Å². The van der Waals surface area contributed by atoms with Gasteiger partial charge in [0.25, 0.3) is 0 Å². The third-order valence-electron chi connectivity index (χ3n) is 6.18. The molecule has 1 amide bonds. The van der Waals surface area contributed by atoms with Crippen LogP contribution in [0.5, 0.6) is 5.75 Å². The van der Waals surface area contributed by atoms with Crippen LogP contribution in [0.1, 0.15) is 32.6 Å². The van der Waals surface area contributed by atoms with E-state index in [4.69, 9.17) is 4.74 Å². The lowest BCUT2D eigenvalue weighted by atomic mass is 9.80. The molecular weight excluding hydrogens is 342 g/mol. The van der Waals surface area contributed by atoms with Gasteiger partial charge in [-0.2, -0.15) is 0 Å². The molecule has 2 heterocycles. The van der Waals surface area contributed by atoms with E-state index in [1.165, 1.54) is 0 Å². The monoisotopic (exact) mass is 375 g/mol. The fourth-order valence-corrected chi connectivity index (χ4v) is 4.53. The topological polar surface area (TPSA) is 65.0 Å². The Morgan fingerprint density at radius 2 is 2.00 bits per heavy atom. The van der Waals surface area contributed by atoms with Crippen LogP contribution in [-0.2, 0) is 4.79 Å². The molecule has 2 aliphatic heterocycles. The molecule has 1 aromatic rings. The highest BCUT2D eigenvalue weighted by atomic mass is 16.5. The average Bonchev–Trinajstić information content (AvgIpc) is 2.67. The van der Waals surface area contributed by atoms with E-state index in [1.54, 1.807) is 14.2 Å². The number of piperidine rings is 2. The molecule has 0 aliphatic carbocycles. The van der Waals surface area contributed by atoms with Crippen molar-refractivity contribution in [2.75, 3.05) is 51.8 Å². The summed E-state index contributed by atoms with van der Waals surface area (Å²) in [5.41, 5.74) is 0.0996.